The highest BCUT2D eigenvalue weighted by Crippen LogP contribution is 2.21. The first-order chi connectivity index (χ1) is 8.15. The van der Waals surface area contributed by atoms with Crippen LogP contribution in [0.3, 0.4) is 0 Å². The average Bonchev–Trinajstić information content (AvgIpc) is 2.75. The molecule has 90 valence electrons. The molecule has 0 aromatic carbocycles. The van der Waals surface area contributed by atoms with Crippen LogP contribution in [0.15, 0.2) is 23.1 Å². The zero-order valence-electron chi connectivity index (χ0n) is 9.73. The molecule has 2 aromatic rings. The van der Waals surface area contributed by atoms with Crippen LogP contribution in [0, 0.1) is 0 Å². The van der Waals surface area contributed by atoms with Gasteiger partial charge >= 0.3 is 0 Å². The molecule has 0 saturated heterocycles. The number of hydrogen-bond donors (Lipinski definition) is 2. The van der Waals surface area contributed by atoms with Crippen LogP contribution in [0.1, 0.15) is 18.9 Å². The van der Waals surface area contributed by atoms with Crippen molar-refractivity contribution in [3.8, 4) is 10.6 Å². The van der Waals surface area contributed by atoms with Crippen LogP contribution in [0.25, 0.3) is 10.6 Å². The van der Waals surface area contributed by atoms with Gasteiger partial charge in [0.1, 0.15) is 10.0 Å². The molecule has 0 aliphatic carbocycles. The molecule has 0 atom stereocenters. The van der Waals surface area contributed by atoms with E-state index in [-0.39, 0.29) is 5.56 Å². The number of aromatic nitrogens is 3. The first-order valence-corrected chi connectivity index (χ1v) is 6.21. The predicted molar refractivity (Wildman–Crippen MR) is 67.9 cm³/mol. The van der Waals surface area contributed by atoms with Crippen LogP contribution in [0.4, 0.5) is 0 Å². The maximum atomic E-state index is 11.2. The van der Waals surface area contributed by atoms with Crippen LogP contribution in [0.5, 0.6) is 0 Å². The lowest BCUT2D eigenvalue weighted by Crippen LogP contribution is -2.21. The van der Waals surface area contributed by atoms with E-state index >= 15 is 0 Å². The van der Waals surface area contributed by atoms with Crippen molar-refractivity contribution in [2.45, 2.75) is 26.4 Å². The zero-order chi connectivity index (χ0) is 12.3. The fourth-order valence-electron chi connectivity index (χ4n) is 1.31. The molecular formula is C11H14N4OS. The Labute approximate surface area is 103 Å². The van der Waals surface area contributed by atoms with E-state index in [4.69, 9.17) is 0 Å². The van der Waals surface area contributed by atoms with Crippen molar-refractivity contribution >= 4 is 11.3 Å². The molecule has 2 heterocycles. The van der Waals surface area contributed by atoms with Gasteiger partial charge in [-0.1, -0.05) is 25.2 Å². The summed E-state index contributed by atoms with van der Waals surface area (Å²) in [5.41, 5.74) is 0.682. The number of H-pyrrole nitrogens is 1. The number of nitrogens with one attached hydrogen (secondary N) is 2. The summed E-state index contributed by atoms with van der Waals surface area (Å²) in [4.78, 5) is 13.8. The smallest absolute Gasteiger partial charge is 0.248 e. The minimum absolute atomic E-state index is 0.125. The largest absolute Gasteiger partial charge is 0.329 e. The van der Waals surface area contributed by atoms with Crippen molar-refractivity contribution in [1.29, 1.82) is 0 Å². The lowest BCUT2D eigenvalue weighted by molar-refractivity contribution is 0.585. The third kappa shape index (κ3) is 3.21. The second-order valence-corrected chi connectivity index (χ2v) is 5.04. The van der Waals surface area contributed by atoms with Gasteiger partial charge < -0.3 is 10.3 Å². The van der Waals surface area contributed by atoms with E-state index in [1.807, 2.05) is 6.07 Å². The van der Waals surface area contributed by atoms with Gasteiger partial charge in [0.25, 0.3) is 0 Å². The summed E-state index contributed by atoms with van der Waals surface area (Å²) in [6.45, 7) is 4.87. The number of aromatic amines is 1. The molecule has 0 bridgehead atoms. The Morgan fingerprint density at radius 2 is 2.29 bits per heavy atom. The summed E-state index contributed by atoms with van der Waals surface area (Å²) in [5, 5.41) is 13.1. The minimum atomic E-state index is -0.125. The number of nitrogens with zero attached hydrogens (tertiary/aromatic N) is 2. The predicted octanol–water partition coefficient (Wildman–Crippen LogP) is 1.39. The van der Waals surface area contributed by atoms with E-state index in [0.717, 1.165) is 15.6 Å². The molecule has 0 fully saturated rings. The molecule has 0 amide bonds. The Kier molecular flexibility index (Phi) is 3.65. The van der Waals surface area contributed by atoms with E-state index in [1.54, 1.807) is 6.20 Å². The summed E-state index contributed by atoms with van der Waals surface area (Å²) in [7, 11) is 0. The van der Waals surface area contributed by atoms with Gasteiger partial charge in [0.05, 0.1) is 0 Å². The lowest BCUT2D eigenvalue weighted by atomic mass is 10.3. The molecule has 17 heavy (non-hydrogen) atoms. The second kappa shape index (κ2) is 5.20. The molecule has 0 radical (unpaired) electrons. The highest BCUT2D eigenvalue weighted by Gasteiger charge is 2.07. The Bertz CT molecular complexity index is 546. The molecule has 2 rings (SSSR count). The van der Waals surface area contributed by atoms with Gasteiger partial charge in [0, 0.05) is 30.4 Å². The van der Waals surface area contributed by atoms with Gasteiger partial charge in [-0.15, -0.1) is 10.2 Å². The third-order valence-electron chi connectivity index (χ3n) is 2.15. The summed E-state index contributed by atoms with van der Waals surface area (Å²) in [6.07, 6.45) is 1.62. The normalized spacial score (nSPS) is 11.0. The Morgan fingerprint density at radius 3 is 3.00 bits per heavy atom. The molecule has 0 aliphatic rings. The van der Waals surface area contributed by atoms with Crippen LogP contribution in [-0.4, -0.2) is 21.2 Å². The number of hydrogen-bond acceptors (Lipinski definition) is 5. The number of rotatable bonds is 4. The lowest BCUT2D eigenvalue weighted by Gasteiger charge is -2.03. The van der Waals surface area contributed by atoms with Crippen LogP contribution >= 0.6 is 11.3 Å². The summed E-state index contributed by atoms with van der Waals surface area (Å²) in [6, 6.07) is 3.77. The van der Waals surface area contributed by atoms with Crippen molar-refractivity contribution in [2.24, 2.45) is 0 Å². The monoisotopic (exact) mass is 250 g/mol. The van der Waals surface area contributed by atoms with Crippen LogP contribution < -0.4 is 10.9 Å². The van der Waals surface area contributed by atoms with E-state index < -0.39 is 0 Å². The van der Waals surface area contributed by atoms with E-state index in [0.29, 0.717) is 12.6 Å². The van der Waals surface area contributed by atoms with Crippen molar-refractivity contribution in [1.82, 2.24) is 20.5 Å². The molecule has 0 unspecified atom stereocenters. The van der Waals surface area contributed by atoms with Gasteiger partial charge in [-0.3, -0.25) is 4.79 Å². The molecule has 5 nitrogen and oxygen atoms in total. The highest BCUT2D eigenvalue weighted by atomic mass is 32.1. The van der Waals surface area contributed by atoms with Crippen molar-refractivity contribution in [3.63, 3.8) is 0 Å². The van der Waals surface area contributed by atoms with E-state index in [9.17, 15) is 4.79 Å². The fourth-order valence-corrected chi connectivity index (χ4v) is 2.10. The van der Waals surface area contributed by atoms with Gasteiger partial charge in [0.15, 0.2) is 0 Å². The van der Waals surface area contributed by atoms with E-state index in [2.05, 4.69) is 34.3 Å². The third-order valence-corrected chi connectivity index (χ3v) is 3.12. The summed E-state index contributed by atoms with van der Waals surface area (Å²) < 4.78 is 0. The summed E-state index contributed by atoms with van der Waals surface area (Å²) in [5.74, 6) is 0. The van der Waals surface area contributed by atoms with Crippen molar-refractivity contribution in [3.05, 3.63) is 33.7 Å². The first kappa shape index (κ1) is 11.9. The molecule has 0 aliphatic heterocycles. The summed E-state index contributed by atoms with van der Waals surface area (Å²) >= 11 is 1.50. The van der Waals surface area contributed by atoms with Gasteiger partial charge in [-0.25, -0.2) is 0 Å². The Balaban J connectivity index is 2.15. The Hall–Kier alpha value is -1.53. The molecular weight excluding hydrogens is 236 g/mol. The van der Waals surface area contributed by atoms with Crippen molar-refractivity contribution in [2.75, 3.05) is 0 Å². The average molecular weight is 250 g/mol. The molecule has 2 N–H and O–H groups in total. The molecule has 0 saturated carbocycles. The molecule has 0 spiro atoms. The Morgan fingerprint density at radius 1 is 1.47 bits per heavy atom. The van der Waals surface area contributed by atoms with Gasteiger partial charge in [0.2, 0.25) is 5.56 Å². The van der Waals surface area contributed by atoms with E-state index in [1.165, 1.54) is 17.4 Å². The highest BCUT2D eigenvalue weighted by molar-refractivity contribution is 7.14. The quantitative estimate of drug-likeness (QED) is 0.860. The number of pyridine rings is 1. The van der Waals surface area contributed by atoms with Crippen LogP contribution in [0.2, 0.25) is 0 Å². The fraction of sp³-hybridized carbons (Fsp3) is 0.364. The standard InChI is InChI=1S/C11H14N4OS/c1-7(2)13-6-10-14-15-11(17-10)8-3-4-12-9(16)5-8/h3-5,7,13H,6H2,1-2H3,(H,12,16). The minimum Gasteiger partial charge on any atom is -0.329 e. The SMILES string of the molecule is CC(C)NCc1nnc(-c2cc[nH]c(=O)c2)s1. The first-order valence-electron chi connectivity index (χ1n) is 5.40. The van der Waals surface area contributed by atoms with Gasteiger partial charge in [-0.2, -0.15) is 0 Å². The topological polar surface area (TPSA) is 70.7 Å². The maximum Gasteiger partial charge on any atom is 0.248 e. The van der Waals surface area contributed by atoms with Gasteiger partial charge in [-0.05, 0) is 6.07 Å². The van der Waals surface area contributed by atoms with Crippen LogP contribution in [-0.2, 0) is 6.54 Å². The maximum absolute atomic E-state index is 11.2. The van der Waals surface area contributed by atoms with Crippen molar-refractivity contribution < 1.29 is 0 Å². The second-order valence-electron chi connectivity index (χ2n) is 3.98. The molecule has 6 heteroatoms. The molecule has 2 aromatic heterocycles. The zero-order valence-corrected chi connectivity index (χ0v) is 10.5.